The molecule has 0 bridgehead atoms. The van der Waals surface area contributed by atoms with Crippen molar-refractivity contribution in [3.8, 4) is 0 Å². The number of aliphatic hydroxyl groups is 1. The van der Waals surface area contributed by atoms with Gasteiger partial charge in [0.15, 0.2) is 5.82 Å². The highest BCUT2D eigenvalue weighted by Crippen LogP contribution is 2.43. The maximum atomic E-state index is 13.1. The van der Waals surface area contributed by atoms with E-state index in [4.69, 9.17) is 16.1 Å². The number of Topliss-reactive ketones (excluding diaryl/α,β-unsaturated/α-hetero) is 1. The van der Waals surface area contributed by atoms with Crippen LogP contribution in [-0.4, -0.2) is 26.9 Å². The summed E-state index contributed by atoms with van der Waals surface area (Å²) >= 11 is 5.93. The average molecular weight is 482 g/mol. The number of ketones is 1. The third-order valence-corrected chi connectivity index (χ3v) is 5.72. The van der Waals surface area contributed by atoms with Gasteiger partial charge >= 0.3 is 5.91 Å². The Bertz CT molecular complexity index is 1320. The monoisotopic (exact) mass is 481 g/mol. The van der Waals surface area contributed by atoms with Gasteiger partial charge in [-0.2, -0.15) is 0 Å². The van der Waals surface area contributed by atoms with E-state index in [1.54, 1.807) is 18.2 Å². The van der Waals surface area contributed by atoms with Crippen LogP contribution >= 0.6 is 11.6 Å². The van der Waals surface area contributed by atoms with Gasteiger partial charge in [-0.1, -0.05) is 37.5 Å². The molecule has 1 aromatic heterocycles. The first-order chi connectivity index (χ1) is 16.0. The Morgan fingerprint density at radius 2 is 1.74 bits per heavy atom. The largest absolute Gasteiger partial charge is 0.507 e. The molecule has 4 rings (SSSR count). The Balaban J connectivity index is 1.91. The highest BCUT2D eigenvalue weighted by molar-refractivity contribution is 6.51. The molecule has 1 N–H and O–H groups in total. The van der Waals surface area contributed by atoms with E-state index < -0.39 is 33.8 Å². The Kier molecular flexibility index (Phi) is 5.74. The van der Waals surface area contributed by atoms with E-state index in [1.165, 1.54) is 36.4 Å². The normalized spacial score (nSPS) is 17.9. The molecule has 174 valence electrons. The van der Waals surface area contributed by atoms with E-state index in [-0.39, 0.29) is 22.6 Å². The summed E-state index contributed by atoms with van der Waals surface area (Å²) in [6.45, 7) is 5.71. The lowest BCUT2D eigenvalue weighted by molar-refractivity contribution is -0.384. The van der Waals surface area contributed by atoms with Gasteiger partial charge in [-0.05, 0) is 42.0 Å². The summed E-state index contributed by atoms with van der Waals surface area (Å²) in [5.41, 5.74) is -0.0906. The van der Waals surface area contributed by atoms with E-state index in [9.17, 15) is 24.8 Å². The SMILES string of the molecule is CC(C)(C)c1cc(N2C(=O)C(=O)C(=C(O)c3ccc(Cl)cc3)[C@@H]2c2ccc([N+](=O)[O-])cc2)no1. The van der Waals surface area contributed by atoms with Crippen molar-refractivity contribution in [2.75, 3.05) is 4.90 Å². The van der Waals surface area contributed by atoms with E-state index in [0.717, 1.165) is 4.90 Å². The number of benzene rings is 2. The molecule has 0 radical (unpaired) electrons. The zero-order valence-electron chi connectivity index (χ0n) is 18.5. The van der Waals surface area contributed by atoms with Crippen molar-refractivity contribution in [2.24, 2.45) is 0 Å². The maximum Gasteiger partial charge on any atom is 0.301 e. The van der Waals surface area contributed by atoms with Gasteiger partial charge in [-0.3, -0.25) is 24.6 Å². The van der Waals surface area contributed by atoms with Crippen LogP contribution in [0.25, 0.3) is 5.76 Å². The molecule has 1 fully saturated rings. The van der Waals surface area contributed by atoms with Crippen molar-refractivity contribution in [3.63, 3.8) is 0 Å². The maximum absolute atomic E-state index is 13.1. The minimum Gasteiger partial charge on any atom is -0.507 e. The summed E-state index contributed by atoms with van der Waals surface area (Å²) in [4.78, 5) is 38.0. The number of nitrogens with zero attached hydrogens (tertiary/aromatic N) is 3. The van der Waals surface area contributed by atoms with Crippen LogP contribution in [0.2, 0.25) is 5.02 Å². The van der Waals surface area contributed by atoms with Crippen LogP contribution in [0.15, 0.2) is 64.7 Å². The second-order valence-electron chi connectivity index (χ2n) is 8.82. The third kappa shape index (κ3) is 4.06. The highest BCUT2D eigenvalue weighted by atomic mass is 35.5. The van der Waals surface area contributed by atoms with Gasteiger partial charge in [0.1, 0.15) is 11.5 Å². The molecule has 1 atom stereocenters. The van der Waals surface area contributed by atoms with Gasteiger partial charge < -0.3 is 9.63 Å². The topological polar surface area (TPSA) is 127 Å². The number of hydrogen-bond donors (Lipinski definition) is 1. The summed E-state index contributed by atoms with van der Waals surface area (Å²) in [6.07, 6.45) is 0. The highest BCUT2D eigenvalue weighted by Gasteiger charge is 2.48. The zero-order chi connectivity index (χ0) is 24.8. The second kappa shape index (κ2) is 8.42. The lowest BCUT2D eigenvalue weighted by Crippen LogP contribution is -2.29. The van der Waals surface area contributed by atoms with E-state index in [0.29, 0.717) is 16.3 Å². The van der Waals surface area contributed by atoms with Gasteiger partial charge in [0.25, 0.3) is 11.5 Å². The number of halogens is 1. The van der Waals surface area contributed by atoms with Gasteiger partial charge in [0.05, 0.1) is 16.5 Å². The number of nitro groups is 1. The molecular weight excluding hydrogens is 462 g/mol. The molecule has 1 aliphatic heterocycles. The van der Waals surface area contributed by atoms with Crippen LogP contribution < -0.4 is 4.90 Å². The van der Waals surface area contributed by atoms with E-state index >= 15 is 0 Å². The van der Waals surface area contributed by atoms with Crippen molar-refractivity contribution in [1.82, 2.24) is 5.16 Å². The van der Waals surface area contributed by atoms with Crippen LogP contribution in [0.5, 0.6) is 0 Å². The minimum absolute atomic E-state index is 0.0885. The summed E-state index contributed by atoms with van der Waals surface area (Å²) in [6, 6.07) is 12.0. The van der Waals surface area contributed by atoms with Crippen molar-refractivity contribution in [2.45, 2.75) is 32.2 Å². The number of hydrogen-bond acceptors (Lipinski definition) is 7. The molecule has 0 unspecified atom stereocenters. The number of aromatic nitrogens is 1. The quantitative estimate of drug-likeness (QED) is 0.179. The Hall–Kier alpha value is -3.98. The van der Waals surface area contributed by atoms with Crippen molar-refractivity contribution in [1.29, 1.82) is 0 Å². The number of rotatable bonds is 4. The minimum atomic E-state index is -1.09. The predicted octanol–water partition coefficient (Wildman–Crippen LogP) is 5.16. The number of anilines is 1. The molecule has 0 spiro atoms. The molecule has 2 heterocycles. The summed E-state index contributed by atoms with van der Waals surface area (Å²) < 4.78 is 5.42. The van der Waals surface area contributed by atoms with Gasteiger partial charge in [-0.15, -0.1) is 0 Å². The van der Waals surface area contributed by atoms with Crippen molar-refractivity contribution in [3.05, 3.63) is 92.2 Å². The average Bonchev–Trinajstić information content (AvgIpc) is 3.37. The number of carbonyl (C=O) groups is 2. The fourth-order valence-electron chi connectivity index (χ4n) is 3.66. The standard InChI is InChI=1S/C24H20ClN3O6/c1-24(2,3)17-12-18(26-34-17)27-20(13-6-10-16(11-7-13)28(32)33)19(22(30)23(27)31)21(29)14-4-8-15(25)9-5-14/h4-12,20,29H,1-3H3/t20-/m0/s1. The molecule has 0 aliphatic carbocycles. The first-order valence-corrected chi connectivity index (χ1v) is 10.7. The first-order valence-electron chi connectivity index (χ1n) is 10.3. The molecule has 1 aliphatic rings. The molecule has 1 saturated heterocycles. The van der Waals surface area contributed by atoms with Crippen LogP contribution in [0.1, 0.15) is 43.7 Å². The molecule has 9 nitrogen and oxygen atoms in total. The molecule has 10 heteroatoms. The van der Waals surface area contributed by atoms with Crippen LogP contribution in [0, 0.1) is 10.1 Å². The fourth-order valence-corrected chi connectivity index (χ4v) is 3.78. The zero-order valence-corrected chi connectivity index (χ0v) is 19.2. The number of nitro benzene ring substituents is 1. The van der Waals surface area contributed by atoms with Crippen LogP contribution in [-0.2, 0) is 15.0 Å². The van der Waals surface area contributed by atoms with Crippen molar-refractivity contribution < 1.29 is 24.1 Å². The number of amides is 1. The molecule has 1 amide bonds. The fraction of sp³-hybridized carbons (Fsp3) is 0.208. The van der Waals surface area contributed by atoms with E-state index in [1.807, 2.05) is 20.8 Å². The van der Waals surface area contributed by atoms with Crippen molar-refractivity contribution >= 4 is 40.6 Å². The molecule has 0 saturated carbocycles. The molecule has 3 aromatic rings. The van der Waals surface area contributed by atoms with E-state index in [2.05, 4.69) is 5.16 Å². The van der Waals surface area contributed by atoms with Crippen LogP contribution in [0.3, 0.4) is 0 Å². The van der Waals surface area contributed by atoms with Gasteiger partial charge in [-0.25, -0.2) is 0 Å². The second-order valence-corrected chi connectivity index (χ2v) is 9.26. The number of aliphatic hydroxyl groups excluding tert-OH is 1. The predicted molar refractivity (Wildman–Crippen MR) is 125 cm³/mol. The first kappa shape index (κ1) is 23.2. The molecular formula is C24H20ClN3O6. The lowest BCUT2D eigenvalue weighted by atomic mass is 9.93. The summed E-state index contributed by atoms with van der Waals surface area (Å²) in [5, 5.41) is 26.6. The Morgan fingerprint density at radius 3 is 2.26 bits per heavy atom. The summed E-state index contributed by atoms with van der Waals surface area (Å²) in [5.74, 6) is -1.65. The number of non-ortho nitro benzene ring substituents is 1. The lowest BCUT2D eigenvalue weighted by Gasteiger charge is -2.22. The molecule has 2 aromatic carbocycles. The van der Waals surface area contributed by atoms with Gasteiger partial charge in [0, 0.05) is 34.2 Å². The Labute approximate surface area is 199 Å². The third-order valence-electron chi connectivity index (χ3n) is 5.47. The molecule has 34 heavy (non-hydrogen) atoms. The number of carbonyl (C=O) groups excluding carboxylic acids is 2. The Morgan fingerprint density at radius 1 is 1.12 bits per heavy atom. The van der Waals surface area contributed by atoms with Crippen LogP contribution in [0.4, 0.5) is 11.5 Å². The smallest absolute Gasteiger partial charge is 0.301 e. The summed E-state index contributed by atoms with van der Waals surface area (Å²) in [7, 11) is 0. The van der Waals surface area contributed by atoms with Gasteiger partial charge in [0.2, 0.25) is 0 Å².